The third kappa shape index (κ3) is 2.67. The fourth-order valence-corrected chi connectivity index (χ4v) is 4.79. The second-order valence-electron chi connectivity index (χ2n) is 7.35. The van der Waals surface area contributed by atoms with Crippen LogP contribution >= 0.6 is 11.3 Å². The molecule has 0 radical (unpaired) electrons. The van der Waals surface area contributed by atoms with E-state index in [1.165, 1.54) is 5.56 Å². The Morgan fingerprint density at radius 1 is 1.36 bits per heavy atom. The quantitative estimate of drug-likeness (QED) is 0.687. The van der Waals surface area contributed by atoms with Crippen LogP contribution in [0.4, 0.5) is 5.69 Å². The third-order valence-electron chi connectivity index (χ3n) is 4.78. The van der Waals surface area contributed by atoms with Crippen LogP contribution in [0, 0.1) is 12.8 Å². The molecule has 25 heavy (non-hydrogen) atoms. The van der Waals surface area contributed by atoms with Crippen LogP contribution in [0.25, 0.3) is 10.2 Å². The van der Waals surface area contributed by atoms with E-state index >= 15 is 0 Å². The Morgan fingerprint density at radius 2 is 2.12 bits per heavy atom. The zero-order chi connectivity index (χ0) is 17.7. The summed E-state index contributed by atoms with van der Waals surface area (Å²) in [4.78, 5) is 17.1. The van der Waals surface area contributed by atoms with Crippen molar-refractivity contribution < 1.29 is 4.79 Å². The van der Waals surface area contributed by atoms with Gasteiger partial charge in [0.05, 0.1) is 10.6 Å². The Labute approximate surface area is 152 Å². The number of anilines is 1. The lowest BCUT2D eigenvalue weighted by Gasteiger charge is -2.21. The molecule has 3 aromatic rings. The summed E-state index contributed by atoms with van der Waals surface area (Å²) in [7, 11) is 0. The highest BCUT2D eigenvalue weighted by Crippen LogP contribution is 2.36. The number of aryl methyl sites for hydroxylation is 1. The number of amides is 1. The molecule has 1 atom stereocenters. The first-order valence-corrected chi connectivity index (χ1v) is 9.65. The average Bonchev–Trinajstić information content (AvgIpc) is 3.20. The van der Waals surface area contributed by atoms with Gasteiger partial charge in [-0.3, -0.25) is 9.48 Å². The lowest BCUT2D eigenvalue weighted by atomic mass is 10.1. The number of carbonyl (C=O) groups is 1. The van der Waals surface area contributed by atoms with Gasteiger partial charge in [0.15, 0.2) is 0 Å². The maximum absolute atomic E-state index is 13.2. The molecule has 5 heteroatoms. The summed E-state index contributed by atoms with van der Waals surface area (Å²) in [5, 5.41) is 5.75. The molecule has 0 N–H and O–H groups in total. The first-order chi connectivity index (χ1) is 12.0. The summed E-state index contributed by atoms with van der Waals surface area (Å²) in [6.07, 6.45) is 0.924. The largest absolute Gasteiger partial charge is 0.304 e. The fourth-order valence-electron chi connectivity index (χ4n) is 3.68. The number of para-hydroxylation sites is 1. The van der Waals surface area contributed by atoms with E-state index in [-0.39, 0.29) is 11.9 Å². The van der Waals surface area contributed by atoms with Crippen LogP contribution in [0.3, 0.4) is 0 Å². The van der Waals surface area contributed by atoms with Gasteiger partial charge in [-0.1, -0.05) is 32.0 Å². The summed E-state index contributed by atoms with van der Waals surface area (Å²) in [6.45, 7) is 9.39. The molecule has 0 bridgehead atoms. The lowest BCUT2D eigenvalue weighted by molar-refractivity contribution is 0.0985. The van der Waals surface area contributed by atoms with Crippen LogP contribution in [-0.4, -0.2) is 21.7 Å². The molecule has 130 valence electrons. The molecular formula is C20H23N3OS. The summed E-state index contributed by atoms with van der Waals surface area (Å²) in [5.74, 6) is 0.628. The second kappa shape index (κ2) is 5.99. The molecule has 1 aromatic carbocycles. The van der Waals surface area contributed by atoms with Crippen molar-refractivity contribution in [1.82, 2.24) is 9.78 Å². The Kier molecular flexibility index (Phi) is 3.91. The molecule has 0 saturated heterocycles. The van der Waals surface area contributed by atoms with Crippen LogP contribution in [0.1, 0.15) is 41.7 Å². The number of carbonyl (C=O) groups excluding carboxylic acids is 1. The molecule has 3 heterocycles. The van der Waals surface area contributed by atoms with Gasteiger partial charge in [-0.05, 0) is 43.9 Å². The molecular weight excluding hydrogens is 330 g/mol. The minimum atomic E-state index is 0.106. The number of rotatable bonds is 3. The first-order valence-electron chi connectivity index (χ1n) is 8.84. The van der Waals surface area contributed by atoms with E-state index in [4.69, 9.17) is 0 Å². The van der Waals surface area contributed by atoms with Crippen molar-refractivity contribution in [2.45, 2.75) is 46.7 Å². The molecule has 0 fully saturated rings. The predicted octanol–water partition coefficient (Wildman–Crippen LogP) is 4.65. The van der Waals surface area contributed by atoms with Crippen LogP contribution in [0.5, 0.6) is 0 Å². The monoisotopic (exact) mass is 353 g/mol. The summed E-state index contributed by atoms with van der Waals surface area (Å²) in [5.41, 5.74) is 3.31. The standard InChI is InChI=1S/C20H23N3OS/c1-12(2)11-22-20-16(14(4)21-22)10-18(25-20)19(24)23-13(3)9-15-7-5-6-8-17(15)23/h5-8,10,12-13H,9,11H2,1-4H3. The number of fused-ring (bicyclic) bond motifs is 2. The molecule has 4 nitrogen and oxygen atoms in total. The minimum Gasteiger partial charge on any atom is -0.304 e. The molecule has 0 aliphatic carbocycles. The van der Waals surface area contributed by atoms with E-state index in [2.05, 4.69) is 42.7 Å². The van der Waals surface area contributed by atoms with Crippen LogP contribution in [-0.2, 0) is 13.0 Å². The highest BCUT2D eigenvalue weighted by molar-refractivity contribution is 7.20. The molecule has 4 rings (SSSR count). The van der Waals surface area contributed by atoms with Crippen molar-refractivity contribution in [1.29, 1.82) is 0 Å². The lowest BCUT2D eigenvalue weighted by Crippen LogP contribution is -2.35. The maximum atomic E-state index is 13.2. The third-order valence-corrected chi connectivity index (χ3v) is 5.92. The predicted molar refractivity (Wildman–Crippen MR) is 104 cm³/mol. The smallest absolute Gasteiger partial charge is 0.268 e. The Balaban J connectivity index is 1.74. The van der Waals surface area contributed by atoms with Crippen molar-refractivity contribution >= 4 is 33.1 Å². The number of nitrogens with zero attached hydrogens (tertiary/aromatic N) is 3. The van der Waals surface area contributed by atoms with Crippen LogP contribution in [0.15, 0.2) is 30.3 Å². The van der Waals surface area contributed by atoms with Crippen molar-refractivity contribution in [2.24, 2.45) is 5.92 Å². The average molecular weight is 353 g/mol. The van der Waals surface area contributed by atoms with Gasteiger partial charge in [-0.2, -0.15) is 5.10 Å². The number of hydrogen-bond donors (Lipinski definition) is 0. The molecule has 1 amide bonds. The van der Waals surface area contributed by atoms with Crippen LogP contribution in [0.2, 0.25) is 0 Å². The summed E-state index contributed by atoms with van der Waals surface area (Å²) >= 11 is 1.57. The highest BCUT2D eigenvalue weighted by Gasteiger charge is 2.32. The minimum absolute atomic E-state index is 0.106. The van der Waals surface area contributed by atoms with Gasteiger partial charge < -0.3 is 4.90 Å². The number of benzene rings is 1. The van der Waals surface area contributed by atoms with Gasteiger partial charge in [0.2, 0.25) is 0 Å². The fraction of sp³-hybridized carbons (Fsp3) is 0.400. The van der Waals surface area contributed by atoms with Gasteiger partial charge in [-0.15, -0.1) is 11.3 Å². The number of hydrogen-bond acceptors (Lipinski definition) is 3. The van der Waals surface area contributed by atoms with Gasteiger partial charge >= 0.3 is 0 Å². The molecule has 1 aliphatic heterocycles. The Bertz CT molecular complexity index is 953. The SMILES string of the molecule is Cc1nn(CC(C)C)c2sc(C(=O)N3c4ccccc4CC3C)cc12. The number of thiophene rings is 1. The maximum Gasteiger partial charge on any atom is 0.268 e. The van der Waals surface area contributed by atoms with E-state index < -0.39 is 0 Å². The van der Waals surface area contributed by atoms with E-state index in [1.54, 1.807) is 11.3 Å². The zero-order valence-corrected chi connectivity index (χ0v) is 15.9. The van der Waals surface area contributed by atoms with Gasteiger partial charge in [0.1, 0.15) is 4.83 Å². The molecule has 1 aliphatic rings. The van der Waals surface area contributed by atoms with Gasteiger partial charge in [-0.25, -0.2) is 0 Å². The number of aromatic nitrogens is 2. The van der Waals surface area contributed by atoms with E-state index in [9.17, 15) is 4.79 Å². The normalized spacial score (nSPS) is 16.8. The van der Waals surface area contributed by atoms with Crippen molar-refractivity contribution in [3.63, 3.8) is 0 Å². The van der Waals surface area contributed by atoms with Gasteiger partial charge in [0, 0.05) is 23.7 Å². The van der Waals surface area contributed by atoms with Crippen molar-refractivity contribution in [3.8, 4) is 0 Å². The van der Waals surface area contributed by atoms with E-state index in [0.29, 0.717) is 5.92 Å². The van der Waals surface area contributed by atoms with Crippen molar-refractivity contribution in [3.05, 3.63) is 46.5 Å². The van der Waals surface area contributed by atoms with Crippen molar-refractivity contribution in [2.75, 3.05) is 4.90 Å². The molecule has 0 spiro atoms. The Hall–Kier alpha value is -2.14. The topological polar surface area (TPSA) is 38.1 Å². The molecule has 1 unspecified atom stereocenters. The van der Waals surface area contributed by atoms with E-state index in [0.717, 1.165) is 39.4 Å². The Morgan fingerprint density at radius 3 is 2.88 bits per heavy atom. The molecule has 0 saturated carbocycles. The van der Waals surface area contributed by atoms with Gasteiger partial charge in [0.25, 0.3) is 5.91 Å². The highest BCUT2D eigenvalue weighted by atomic mass is 32.1. The zero-order valence-electron chi connectivity index (χ0n) is 15.1. The van der Waals surface area contributed by atoms with Crippen LogP contribution < -0.4 is 4.90 Å². The summed E-state index contributed by atoms with van der Waals surface area (Å²) in [6, 6.07) is 10.4. The second-order valence-corrected chi connectivity index (χ2v) is 8.38. The molecule has 2 aromatic heterocycles. The first kappa shape index (κ1) is 16.3. The van der Waals surface area contributed by atoms with E-state index in [1.807, 2.05) is 30.0 Å². The summed E-state index contributed by atoms with van der Waals surface area (Å²) < 4.78 is 2.05.